The van der Waals surface area contributed by atoms with E-state index in [9.17, 15) is 0 Å². The van der Waals surface area contributed by atoms with Crippen molar-refractivity contribution in [3.8, 4) is 0 Å². The van der Waals surface area contributed by atoms with E-state index in [1.165, 1.54) is 0 Å². The van der Waals surface area contributed by atoms with E-state index in [2.05, 4.69) is 40.9 Å². The second-order valence-electron chi connectivity index (χ2n) is 7.67. The summed E-state index contributed by atoms with van der Waals surface area (Å²) in [7, 11) is 0. The third-order valence-electron chi connectivity index (χ3n) is 3.56. The molecule has 0 fully saturated rings. The number of aliphatic hydroxyl groups is 2. The number of halogens is 1. The quantitative estimate of drug-likeness (QED) is 0.488. The summed E-state index contributed by atoms with van der Waals surface area (Å²) in [6.45, 7) is 23.0. The SMILES string of the molecule is C.CC(C)C(C)Cl.CC(C)C(C)O.CC(C)CO.CSC(C)C(C)C. The summed E-state index contributed by atoms with van der Waals surface area (Å²) in [6.07, 6.45) is 2.01. The second kappa shape index (κ2) is 24.6. The van der Waals surface area contributed by atoms with Crippen LogP contribution in [0.5, 0.6) is 0 Å². The Morgan fingerprint density at radius 1 is 0.760 bits per heavy atom. The molecule has 0 aromatic rings. The van der Waals surface area contributed by atoms with Gasteiger partial charge in [0.05, 0.1) is 6.10 Å². The minimum atomic E-state index is -0.148. The first-order valence-electron chi connectivity index (χ1n) is 9.20. The van der Waals surface area contributed by atoms with Crippen molar-refractivity contribution in [2.45, 2.75) is 100 Å². The molecule has 0 radical (unpaired) electrons. The van der Waals surface area contributed by atoms with Crippen LogP contribution in [-0.4, -0.2) is 39.8 Å². The highest BCUT2D eigenvalue weighted by atomic mass is 35.5. The van der Waals surface area contributed by atoms with Crippen LogP contribution in [0, 0.1) is 23.7 Å². The van der Waals surface area contributed by atoms with Crippen LogP contribution in [0.3, 0.4) is 0 Å². The summed E-state index contributed by atoms with van der Waals surface area (Å²) in [5.41, 5.74) is 0. The highest BCUT2D eigenvalue weighted by Crippen LogP contribution is 2.14. The maximum atomic E-state index is 8.63. The lowest BCUT2D eigenvalue weighted by Gasteiger charge is -2.10. The number of aliphatic hydroxyl groups excluding tert-OH is 2. The topological polar surface area (TPSA) is 40.5 Å². The van der Waals surface area contributed by atoms with Gasteiger partial charge in [0.1, 0.15) is 0 Å². The van der Waals surface area contributed by atoms with Crippen LogP contribution in [0.2, 0.25) is 0 Å². The van der Waals surface area contributed by atoms with Crippen LogP contribution in [0.4, 0.5) is 0 Å². The van der Waals surface area contributed by atoms with Gasteiger partial charge >= 0.3 is 0 Å². The number of hydrogen-bond acceptors (Lipinski definition) is 3. The van der Waals surface area contributed by atoms with Gasteiger partial charge in [-0.3, -0.25) is 0 Å². The lowest BCUT2D eigenvalue weighted by Crippen LogP contribution is -2.07. The molecule has 4 heteroatoms. The molecule has 0 aromatic heterocycles. The third kappa shape index (κ3) is 45.6. The van der Waals surface area contributed by atoms with Crippen molar-refractivity contribution in [2.75, 3.05) is 12.9 Å². The average Bonchev–Trinajstić information content (AvgIpc) is 2.47. The average molecular weight is 403 g/mol. The van der Waals surface area contributed by atoms with Gasteiger partial charge in [-0.2, -0.15) is 11.8 Å². The molecule has 0 saturated heterocycles. The van der Waals surface area contributed by atoms with Crippen LogP contribution < -0.4 is 0 Å². The van der Waals surface area contributed by atoms with Crippen LogP contribution in [0.1, 0.15) is 83.6 Å². The fourth-order valence-corrected chi connectivity index (χ4v) is 0.816. The number of thioether (sulfide) groups is 1. The monoisotopic (exact) mass is 402 g/mol. The molecule has 0 bridgehead atoms. The van der Waals surface area contributed by atoms with Crippen LogP contribution in [0.15, 0.2) is 0 Å². The van der Waals surface area contributed by atoms with E-state index >= 15 is 0 Å². The van der Waals surface area contributed by atoms with Gasteiger partial charge in [-0.1, -0.05) is 69.7 Å². The van der Waals surface area contributed by atoms with E-state index in [1.54, 1.807) is 6.92 Å². The Bertz CT molecular complexity index is 194. The highest BCUT2D eigenvalue weighted by Gasteiger charge is 2.02. The molecular weight excluding hydrogens is 352 g/mol. The summed E-state index contributed by atoms with van der Waals surface area (Å²) < 4.78 is 0. The molecule has 2 N–H and O–H groups in total. The Balaban J connectivity index is -0.0000000706. The zero-order valence-corrected chi connectivity index (χ0v) is 20.0. The van der Waals surface area contributed by atoms with Crippen molar-refractivity contribution in [1.82, 2.24) is 0 Å². The predicted molar refractivity (Wildman–Crippen MR) is 123 cm³/mol. The summed E-state index contributed by atoms with van der Waals surface area (Å²) in [6, 6.07) is 0. The second-order valence-corrected chi connectivity index (χ2v) is 9.57. The fourth-order valence-electron chi connectivity index (χ4n) is 0.272. The summed E-state index contributed by atoms with van der Waals surface area (Å²) in [4.78, 5) is 0. The van der Waals surface area contributed by atoms with Gasteiger partial charge in [0, 0.05) is 17.2 Å². The van der Waals surface area contributed by atoms with E-state index in [0.29, 0.717) is 29.7 Å². The van der Waals surface area contributed by atoms with Crippen LogP contribution >= 0.6 is 23.4 Å². The molecule has 0 heterocycles. The molecule has 0 aliphatic heterocycles. The zero-order valence-electron chi connectivity index (χ0n) is 18.4. The molecule has 160 valence electrons. The van der Waals surface area contributed by atoms with Gasteiger partial charge in [-0.05, 0) is 43.8 Å². The van der Waals surface area contributed by atoms with Gasteiger partial charge in [-0.15, -0.1) is 11.6 Å². The number of hydrogen-bond donors (Lipinski definition) is 2. The molecule has 0 rings (SSSR count). The fraction of sp³-hybridized carbons (Fsp3) is 1.00. The first kappa shape index (κ1) is 36.5. The Morgan fingerprint density at radius 3 is 1.00 bits per heavy atom. The molecule has 0 aliphatic carbocycles. The molecule has 0 aromatic carbocycles. The van der Waals surface area contributed by atoms with Crippen molar-refractivity contribution in [1.29, 1.82) is 0 Å². The van der Waals surface area contributed by atoms with E-state index in [-0.39, 0.29) is 13.5 Å². The van der Waals surface area contributed by atoms with Crippen LogP contribution in [0.25, 0.3) is 0 Å². The molecule has 0 amide bonds. The molecule has 3 atom stereocenters. The molecule has 0 spiro atoms. The Hall–Kier alpha value is 0.560. The van der Waals surface area contributed by atoms with Crippen molar-refractivity contribution >= 4 is 23.4 Å². The van der Waals surface area contributed by atoms with Gasteiger partial charge in [0.15, 0.2) is 0 Å². The van der Waals surface area contributed by atoms with E-state index in [1.807, 2.05) is 46.4 Å². The maximum Gasteiger partial charge on any atom is 0.0535 e. The molecule has 3 unspecified atom stereocenters. The molecule has 2 nitrogen and oxygen atoms in total. The minimum absolute atomic E-state index is 0. The van der Waals surface area contributed by atoms with E-state index < -0.39 is 0 Å². The summed E-state index contributed by atoms with van der Waals surface area (Å²) in [5, 5.41) is 17.9. The first-order chi connectivity index (χ1) is 10.7. The van der Waals surface area contributed by atoms with Gasteiger partial charge in [0.2, 0.25) is 0 Å². The molecule has 0 saturated carbocycles. The molecule has 25 heavy (non-hydrogen) atoms. The Labute approximate surface area is 170 Å². The molecule has 0 aliphatic rings. The summed E-state index contributed by atoms with van der Waals surface area (Å²) in [5.74, 6) is 2.29. The van der Waals surface area contributed by atoms with Gasteiger partial charge in [-0.25, -0.2) is 0 Å². The van der Waals surface area contributed by atoms with Crippen molar-refractivity contribution in [2.24, 2.45) is 23.7 Å². The Kier molecular flexibility index (Phi) is 35.8. The third-order valence-corrected chi connectivity index (χ3v) is 5.35. The largest absolute Gasteiger partial charge is 0.396 e. The van der Waals surface area contributed by atoms with Crippen molar-refractivity contribution < 1.29 is 10.2 Å². The van der Waals surface area contributed by atoms with Crippen molar-refractivity contribution in [3.63, 3.8) is 0 Å². The standard InChI is InChI=1S/C6H14S.C5H11Cl.C5H12O.C4H10O.CH4/c1-5(2)6(3)7-4;2*1-4(2)5(3)6;1-4(2)3-5;/h5-6H,1-4H3;4-5H,1-3H3;4-6H,1-3H3;4-5H,3H2,1-2H3;1H4. The number of alkyl halides is 1. The number of rotatable bonds is 5. The Morgan fingerprint density at radius 2 is 1.00 bits per heavy atom. The molecular formula is C21H51ClO2S. The van der Waals surface area contributed by atoms with Crippen LogP contribution in [-0.2, 0) is 0 Å². The van der Waals surface area contributed by atoms with Crippen molar-refractivity contribution in [3.05, 3.63) is 0 Å². The van der Waals surface area contributed by atoms with Gasteiger partial charge in [0.25, 0.3) is 0 Å². The first-order valence-corrected chi connectivity index (χ1v) is 10.9. The minimum Gasteiger partial charge on any atom is -0.396 e. The zero-order chi connectivity index (χ0) is 20.5. The lowest BCUT2D eigenvalue weighted by molar-refractivity contribution is 0.144. The predicted octanol–water partition coefficient (Wildman–Crippen LogP) is 6.96. The highest BCUT2D eigenvalue weighted by molar-refractivity contribution is 7.99. The summed E-state index contributed by atoms with van der Waals surface area (Å²) >= 11 is 7.55. The smallest absolute Gasteiger partial charge is 0.0535 e. The van der Waals surface area contributed by atoms with E-state index in [4.69, 9.17) is 21.8 Å². The normalized spacial score (nSPS) is 13.6. The van der Waals surface area contributed by atoms with E-state index in [0.717, 1.165) is 11.2 Å². The maximum absolute atomic E-state index is 8.63. The lowest BCUT2D eigenvalue weighted by atomic mass is 10.1. The van der Waals surface area contributed by atoms with Gasteiger partial charge < -0.3 is 10.2 Å².